The first kappa shape index (κ1) is 24.6. The van der Waals surface area contributed by atoms with Crippen LogP contribution in [0.2, 0.25) is 5.02 Å². The van der Waals surface area contributed by atoms with E-state index in [9.17, 15) is 4.79 Å². The Bertz CT molecular complexity index is 836. The van der Waals surface area contributed by atoms with Gasteiger partial charge in [0, 0.05) is 50.3 Å². The lowest BCUT2D eigenvalue weighted by atomic mass is 9.84. The van der Waals surface area contributed by atoms with E-state index in [1.807, 2.05) is 12.3 Å². The van der Waals surface area contributed by atoms with E-state index in [2.05, 4.69) is 23.2 Å². The minimum atomic E-state index is -0.406. The number of nitrogens with zero attached hydrogens (tertiary/aromatic N) is 2. The maximum atomic E-state index is 13.5. The summed E-state index contributed by atoms with van der Waals surface area (Å²) >= 11 is 6.79. The molecule has 3 aliphatic rings. The number of hydrogen-bond acceptors (Lipinski definition) is 5. The molecule has 0 spiro atoms. The highest BCUT2D eigenvalue weighted by atomic mass is 35.5. The van der Waals surface area contributed by atoms with Gasteiger partial charge in [0.05, 0.1) is 17.7 Å². The van der Waals surface area contributed by atoms with Crippen molar-refractivity contribution in [3.8, 4) is 0 Å². The molecule has 0 radical (unpaired) electrons. The first-order chi connectivity index (χ1) is 16.1. The van der Waals surface area contributed by atoms with Crippen molar-refractivity contribution in [1.29, 1.82) is 0 Å². The average molecular weight is 476 g/mol. The first-order valence-corrected chi connectivity index (χ1v) is 12.9. The van der Waals surface area contributed by atoms with Crippen molar-refractivity contribution in [2.24, 2.45) is 5.92 Å². The van der Waals surface area contributed by atoms with Crippen LogP contribution >= 0.6 is 11.6 Å². The molecular formula is C26H38ClN3O3. The number of amides is 1. The highest BCUT2D eigenvalue weighted by molar-refractivity contribution is 6.32. The second-order valence-corrected chi connectivity index (χ2v) is 10.0. The van der Waals surface area contributed by atoms with Gasteiger partial charge in [0.1, 0.15) is 6.10 Å². The van der Waals surface area contributed by atoms with Crippen molar-refractivity contribution in [2.75, 3.05) is 33.4 Å². The lowest BCUT2D eigenvalue weighted by Crippen LogP contribution is -2.52. The molecular weight excluding hydrogens is 438 g/mol. The summed E-state index contributed by atoms with van der Waals surface area (Å²) in [5.41, 5.74) is 3.25. The zero-order chi connectivity index (χ0) is 23.2. The molecule has 7 heteroatoms. The average Bonchev–Trinajstić information content (AvgIpc) is 3.64. The normalized spacial score (nSPS) is 25.8. The maximum Gasteiger partial charge on any atom is 0.253 e. The van der Waals surface area contributed by atoms with Crippen LogP contribution in [0.1, 0.15) is 63.1 Å². The Kier molecular flexibility index (Phi) is 8.80. The number of morpholine rings is 1. The quantitative estimate of drug-likeness (QED) is 0.541. The fourth-order valence-electron chi connectivity index (χ4n) is 5.27. The Balaban J connectivity index is 1.57. The van der Waals surface area contributed by atoms with Crippen LogP contribution in [0.5, 0.6) is 0 Å². The van der Waals surface area contributed by atoms with Gasteiger partial charge < -0.3 is 19.7 Å². The zero-order valence-electron chi connectivity index (χ0n) is 20.0. The van der Waals surface area contributed by atoms with Gasteiger partial charge in [-0.3, -0.25) is 9.78 Å². The Labute approximate surface area is 203 Å². The first-order valence-electron chi connectivity index (χ1n) is 12.6. The number of nitrogens with one attached hydrogen (secondary N) is 1. The molecule has 1 aromatic rings. The predicted octanol–water partition coefficient (Wildman–Crippen LogP) is 4.26. The van der Waals surface area contributed by atoms with E-state index in [4.69, 9.17) is 26.1 Å². The summed E-state index contributed by atoms with van der Waals surface area (Å²) in [5, 5.41) is 4.03. The van der Waals surface area contributed by atoms with Gasteiger partial charge in [-0.1, -0.05) is 24.1 Å². The molecule has 1 saturated heterocycles. The van der Waals surface area contributed by atoms with Gasteiger partial charge in [0.2, 0.25) is 0 Å². The molecule has 3 atom stereocenters. The van der Waals surface area contributed by atoms with E-state index in [0.717, 1.165) is 73.5 Å². The zero-order valence-corrected chi connectivity index (χ0v) is 20.8. The number of aromatic nitrogens is 1. The molecule has 2 heterocycles. The van der Waals surface area contributed by atoms with Crippen LogP contribution in [-0.2, 0) is 20.7 Å². The molecule has 1 unspecified atom stereocenters. The summed E-state index contributed by atoms with van der Waals surface area (Å²) in [7, 11) is 1.76. The number of fused-ring (bicyclic) bond motifs is 1. The number of carbonyl (C=O) groups excluding carboxylic acids is 1. The molecule has 1 saturated carbocycles. The van der Waals surface area contributed by atoms with Gasteiger partial charge in [0.15, 0.2) is 0 Å². The third-order valence-electron chi connectivity index (χ3n) is 7.16. The molecule has 1 aliphatic heterocycles. The molecule has 1 N–H and O–H groups in total. The van der Waals surface area contributed by atoms with Crippen LogP contribution < -0.4 is 5.32 Å². The molecule has 1 amide bonds. The Morgan fingerprint density at radius 2 is 2.21 bits per heavy atom. The molecule has 4 rings (SSSR count). The van der Waals surface area contributed by atoms with Gasteiger partial charge in [-0.2, -0.15) is 0 Å². The molecule has 2 aliphatic carbocycles. The number of unbranched alkanes of at least 4 members (excludes halogenated alkanes) is 1. The topological polar surface area (TPSA) is 63.7 Å². The van der Waals surface area contributed by atoms with Crippen molar-refractivity contribution in [3.63, 3.8) is 0 Å². The van der Waals surface area contributed by atoms with E-state index < -0.39 is 6.10 Å². The summed E-state index contributed by atoms with van der Waals surface area (Å²) in [6.45, 7) is 4.93. The third-order valence-corrected chi connectivity index (χ3v) is 7.48. The fraction of sp³-hybridized carbons (Fsp3) is 0.692. The number of carbonyl (C=O) groups is 1. The van der Waals surface area contributed by atoms with Crippen LogP contribution in [0.15, 0.2) is 18.3 Å². The summed E-state index contributed by atoms with van der Waals surface area (Å²) in [6, 6.07) is 2.11. The number of ether oxygens (including phenoxy) is 2. The van der Waals surface area contributed by atoms with E-state index in [-0.39, 0.29) is 18.0 Å². The third kappa shape index (κ3) is 6.16. The van der Waals surface area contributed by atoms with Crippen LogP contribution in [0.3, 0.4) is 0 Å². The van der Waals surface area contributed by atoms with Gasteiger partial charge >= 0.3 is 0 Å². The second kappa shape index (κ2) is 11.8. The van der Waals surface area contributed by atoms with Crippen molar-refractivity contribution in [3.05, 3.63) is 34.6 Å². The summed E-state index contributed by atoms with van der Waals surface area (Å²) in [5.74, 6) is 0.681. The van der Waals surface area contributed by atoms with E-state index >= 15 is 0 Å². The van der Waals surface area contributed by atoms with Crippen LogP contribution in [0, 0.1) is 5.92 Å². The SMILES string of the molecule is COCCCCC1CC/C=C(/[C@@H](C)N(C(=O)[C@H]2CNCCO2)C2CC2)c2c(Cl)ccnc2C1. The lowest BCUT2D eigenvalue weighted by Gasteiger charge is -2.36. The maximum absolute atomic E-state index is 13.5. The van der Waals surface area contributed by atoms with E-state index in [1.165, 1.54) is 12.8 Å². The lowest BCUT2D eigenvalue weighted by molar-refractivity contribution is -0.146. The molecule has 1 aromatic heterocycles. The van der Waals surface area contributed by atoms with Crippen molar-refractivity contribution in [1.82, 2.24) is 15.2 Å². The summed E-state index contributed by atoms with van der Waals surface area (Å²) in [6.07, 6.45) is 12.3. The van der Waals surface area contributed by atoms with Crippen molar-refractivity contribution < 1.29 is 14.3 Å². The monoisotopic (exact) mass is 475 g/mol. The Morgan fingerprint density at radius 1 is 1.36 bits per heavy atom. The van der Waals surface area contributed by atoms with Crippen LogP contribution in [0.4, 0.5) is 0 Å². The second-order valence-electron chi connectivity index (χ2n) is 9.63. The number of pyridine rings is 1. The van der Waals surface area contributed by atoms with Crippen molar-refractivity contribution >= 4 is 23.1 Å². The van der Waals surface area contributed by atoms with Crippen LogP contribution in [0.25, 0.3) is 5.57 Å². The van der Waals surface area contributed by atoms with Gasteiger partial charge in [-0.15, -0.1) is 0 Å². The largest absolute Gasteiger partial charge is 0.385 e. The Morgan fingerprint density at radius 3 is 2.94 bits per heavy atom. The van der Waals surface area contributed by atoms with E-state index in [0.29, 0.717) is 19.1 Å². The number of halogens is 1. The summed E-state index contributed by atoms with van der Waals surface area (Å²) in [4.78, 5) is 20.4. The number of hydrogen-bond donors (Lipinski definition) is 1. The van der Waals surface area contributed by atoms with Gasteiger partial charge in [0.25, 0.3) is 5.91 Å². The number of rotatable bonds is 9. The molecule has 182 valence electrons. The molecule has 0 bridgehead atoms. The molecule has 33 heavy (non-hydrogen) atoms. The smallest absolute Gasteiger partial charge is 0.253 e. The van der Waals surface area contributed by atoms with Crippen LogP contribution in [-0.4, -0.2) is 67.4 Å². The summed E-state index contributed by atoms with van der Waals surface area (Å²) < 4.78 is 11.0. The highest BCUT2D eigenvalue weighted by Crippen LogP contribution is 2.39. The molecule has 6 nitrogen and oxygen atoms in total. The standard InChI is InChI=1S/C26H38ClN3O3/c1-18(30(20-9-10-20)26(31)24-17-28-13-15-33-24)21-8-5-7-19(6-3-4-14-32-2)16-23-25(21)22(27)11-12-29-23/h8,11-12,18-20,24,28H,3-7,9-10,13-17H2,1-2H3/b21-8-/t18-,19?,24-/m1/s1. The number of allylic oxidation sites excluding steroid dienone is 1. The van der Waals surface area contributed by atoms with E-state index in [1.54, 1.807) is 7.11 Å². The minimum absolute atomic E-state index is 0.0609. The highest BCUT2D eigenvalue weighted by Gasteiger charge is 2.41. The van der Waals surface area contributed by atoms with Crippen molar-refractivity contribution in [2.45, 2.75) is 76.5 Å². The number of methoxy groups -OCH3 is 1. The molecule has 0 aromatic carbocycles. The fourth-order valence-corrected chi connectivity index (χ4v) is 5.55. The van der Waals surface area contributed by atoms with Gasteiger partial charge in [-0.25, -0.2) is 0 Å². The van der Waals surface area contributed by atoms with Gasteiger partial charge in [-0.05, 0) is 69.4 Å². The predicted molar refractivity (Wildman–Crippen MR) is 131 cm³/mol. The molecule has 2 fully saturated rings. The minimum Gasteiger partial charge on any atom is -0.385 e. The Hall–Kier alpha value is -1.47.